The van der Waals surface area contributed by atoms with E-state index < -0.39 is 0 Å². The second-order valence-corrected chi connectivity index (χ2v) is 5.92. The van der Waals surface area contributed by atoms with Crippen LogP contribution in [0.4, 0.5) is 10.1 Å². The lowest BCUT2D eigenvalue weighted by Crippen LogP contribution is -2.35. The van der Waals surface area contributed by atoms with Gasteiger partial charge in [-0.2, -0.15) is 0 Å². The summed E-state index contributed by atoms with van der Waals surface area (Å²) in [6, 6.07) is 11.7. The molecule has 0 unspecified atom stereocenters. The molecule has 0 N–H and O–H groups in total. The van der Waals surface area contributed by atoms with Crippen LogP contribution in [-0.2, 0) is 6.42 Å². The number of hydrogen-bond donors (Lipinski definition) is 0. The first-order valence-corrected chi connectivity index (χ1v) is 7.23. The molecular formula is C16H13BrFNO. The van der Waals surface area contributed by atoms with E-state index in [1.54, 1.807) is 4.90 Å². The minimum Gasteiger partial charge on any atom is -0.305 e. The lowest BCUT2D eigenvalue weighted by Gasteiger charge is -2.22. The molecule has 1 heterocycles. The highest BCUT2D eigenvalue weighted by molar-refractivity contribution is 9.10. The van der Waals surface area contributed by atoms with Crippen molar-refractivity contribution in [1.29, 1.82) is 0 Å². The van der Waals surface area contributed by atoms with Gasteiger partial charge in [0, 0.05) is 21.8 Å². The number of halogens is 2. The smallest absolute Gasteiger partial charge is 0.258 e. The number of nitrogens with zero attached hydrogens (tertiary/aromatic N) is 1. The summed E-state index contributed by atoms with van der Waals surface area (Å²) in [5.74, 6) is -0.418. The fraction of sp³-hybridized carbons (Fsp3) is 0.188. The first-order valence-electron chi connectivity index (χ1n) is 6.44. The third-order valence-electron chi connectivity index (χ3n) is 3.57. The van der Waals surface area contributed by atoms with Gasteiger partial charge in [-0.3, -0.25) is 4.79 Å². The Morgan fingerprint density at radius 1 is 1.25 bits per heavy atom. The number of fused-ring (bicyclic) bond motifs is 1. The Bertz CT molecular complexity index is 669. The van der Waals surface area contributed by atoms with Crippen molar-refractivity contribution in [2.45, 2.75) is 19.4 Å². The zero-order valence-electron chi connectivity index (χ0n) is 10.9. The first-order chi connectivity index (χ1) is 9.56. The van der Waals surface area contributed by atoms with Crippen molar-refractivity contribution in [2.75, 3.05) is 4.90 Å². The van der Waals surface area contributed by atoms with Gasteiger partial charge < -0.3 is 4.90 Å². The lowest BCUT2D eigenvalue weighted by atomic mass is 10.1. The van der Waals surface area contributed by atoms with E-state index in [0.717, 1.165) is 22.1 Å². The maximum atomic E-state index is 13.0. The molecule has 0 aromatic heterocycles. The van der Waals surface area contributed by atoms with Gasteiger partial charge in [0.2, 0.25) is 0 Å². The van der Waals surface area contributed by atoms with Crippen LogP contribution in [0.3, 0.4) is 0 Å². The predicted molar refractivity (Wildman–Crippen MR) is 80.5 cm³/mol. The zero-order valence-corrected chi connectivity index (χ0v) is 12.5. The molecule has 2 aromatic rings. The van der Waals surface area contributed by atoms with E-state index in [1.165, 1.54) is 24.3 Å². The molecule has 0 bridgehead atoms. The minimum absolute atomic E-state index is 0.0847. The van der Waals surface area contributed by atoms with Crippen LogP contribution in [0, 0.1) is 5.82 Å². The second-order valence-electron chi connectivity index (χ2n) is 5.01. The van der Waals surface area contributed by atoms with Gasteiger partial charge in [0.1, 0.15) is 5.82 Å². The minimum atomic E-state index is -0.333. The van der Waals surface area contributed by atoms with Gasteiger partial charge in [-0.15, -0.1) is 0 Å². The van der Waals surface area contributed by atoms with Crippen LogP contribution < -0.4 is 4.90 Å². The van der Waals surface area contributed by atoms with Crippen LogP contribution in [-0.4, -0.2) is 11.9 Å². The molecule has 0 fully saturated rings. The van der Waals surface area contributed by atoms with Crippen molar-refractivity contribution in [2.24, 2.45) is 0 Å². The highest BCUT2D eigenvalue weighted by Crippen LogP contribution is 2.35. The fourth-order valence-electron chi connectivity index (χ4n) is 2.64. The van der Waals surface area contributed by atoms with E-state index in [4.69, 9.17) is 0 Å². The summed E-state index contributed by atoms with van der Waals surface area (Å²) in [4.78, 5) is 14.4. The monoisotopic (exact) mass is 333 g/mol. The SMILES string of the molecule is C[C@@H]1Cc2cc(Br)ccc2N1C(=O)c1ccc(F)cc1. The average molecular weight is 334 g/mol. The van der Waals surface area contributed by atoms with Gasteiger partial charge in [0.05, 0.1) is 0 Å². The highest BCUT2D eigenvalue weighted by Gasteiger charge is 2.31. The molecule has 0 saturated carbocycles. The Hall–Kier alpha value is -1.68. The molecule has 20 heavy (non-hydrogen) atoms. The highest BCUT2D eigenvalue weighted by atomic mass is 79.9. The van der Waals surface area contributed by atoms with Gasteiger partial charge in [-0.1, -0.05) is 15.9 Å². The Labute approximate surface area is 125 Å². The van der Waals surface area contributed by atoms with Crippen LogP contribution in [0.15, 0.2) is 46.9 Å². The van der Waals surface area contributed by atoms with E-state index in [1.807, 2.05) is 25.1 Å². The van der Waals surface area contributed by atoms with E-state index in [-0.39, 0.29) is 17.8 Å². The molecule has 1 aliphatic heterocycles. The summed E-state index contributed by atoms with van der Waals surface area (Å²) >= 11 is 3.45. The third kappa shape index (κ3) is 2.24. The van der Waals surface area contributed by atoms with Crippen molar-refractivity contribution in [1.82, 2.24) is 0 Å². The summed E-state index contributed by atoms with van der Waals surface area (Å²) < 4.78 is 14.0. The first kappa shape index (κ1) is 13.3. The number of benzene rings is 2. The third-order valence-corrected chi connectivity index (χ3v) is 4.06. The number of anilines is 1. The molecule has 0 aliphatic carbocycles. The summed E-state index contributed by atoms with van der Waals surface area (Å²) in [7, 11) is 0. The Balaban J connectivity index is 1.98. The summed E-state index contributed by atoms with van der Waals surface area (Å²) in [6.45, 7) is 2.02. The van der Waals surface area contributed by atoms with Crippen LogP contribution in [0.5, 0.6) is 0 Å². The molecule has 4 heteroatoms. The normalized spacial score (nSPS) is 17.1. The van der Waals surface area contributed by atoms with Gasteiger partial charge in [0.15, 0.2) is 0 Å². The molecule has 0 spiro atoms. The maximum absolute atomic E-state index is 13.0. The van der Waals surface area contributed by atoms with Gasteiger partial charge >= 0.3 is 0 Å². The molecule has 0 radical (unpaired) electrons. The summed E-state index contributed by atoms with van der Waals surface area (Å²) in [5.41, 5.74) is 2.60. The number of rotatable bonds is 1. The molecule has 0 saturated heterocycles. The van der Waals surface area contributed by atoms with Gasteiger partial charge in [-0.25, -0.2) is 4.39 Å². The molecule has 102 valence electrons. The fourth-order valence-corrected chi connectivity index (χ4v) is 3.05. The molecule has 3 rings (SSSR count). The molecule has 2 nitrogen and oxygen atoms in total. The van der Waals surface area contributed by atoms with Crippen LogP contribution in [0.2, 0.25) is 0 Å². The number of amides is 1. The van der Waals surface area contributed by atoms with Crippen molar-refractivity contribution >= 4 is 27.5 Å². The molecular weight excluding hydrogens is 321 g/mol. The summed E-state index contributed by atoms with van der Waals surface area (Å²) in [5, 5.41) is 0. The Morgan fingerprint density at radius 3 is 2.65 bits per heavy atom. The van der Waals surface area contributed by atoms with Crippen molar-refractivity contribution < 1.29 is 9.18 Å². The van der Waals surface area contributed by atoms with E-state index >= 15 is 0 Å². The Kier molecular flexibility index (Phi) is 3.34. The van der Waals surface area contributed by atoms with E-state index in [9.17, 15) is 9.18 Å². The lowest BCUT2D eigenvalue weighted by molar-refractivity contribution is 0.0981. The number of carbonyl (C=O) groups excluding carboxylic acids is 1. The quantitative estimate of drug-likeness (QED) is 0.766. The number of hydrogen-bond acceptors (Lipinski definition) is 1. The largest absolute Gasteiger partial charge is 0.305 e. The topological polar surface area (TPSA) is 20.3 Å². The zero-order chi connectivity index (χ0) is 14.3. The van der Waals surface area contributed by atoms with Crippen molar-refractivity contribution in [3.05, 3.63) is 63.9 Å². The van der Waals surface area contributed by atoms with Crippen LogP contribution in [0.1, 0.15) is 22.8 Å². The Morgan fingerprint density at radius 2 is 1.95 bits per heavy atom. The van der Waals surface area contributed by atoms with Crippen LogP contribution >= 0.6 is 15.9 Å². The van der Waals surface area contributed by atoms with Crippen molar-refractivity contribution in [3.8, 4) is 0 Å². The van der Waals surface area contributed by atoms with Crippen molar-refractivity contribution in [3.63, 3.8) is 0 Å². The maximum Gasteiger partial charge on any atom is 0.258 e. The van der Waals surface area contributed by atoms with E-state index in [2.05, 4.69) is 15.9 Å². The number of carbonyl (C=O) groups is 1. The molecule has 1 amide bonds. The predicted octanol–water partition coefficient (Wildman–Crippen LogP) is 4.18. The van der Waals surface area contributed by atoms with Gasteiger partial charge in [0.25, 0.3) is 5.91 Å². The van der Waals surface area contributed by atoms with Gasteiger partial charge in [-0.05, 0) is 61.4 Å². The second kappa shape index (κ2) is 5.02. The average Bonchev–Trinajstić information content (AvgIpc) is 2.73. The standard InChI is InChI=1S/C16H13BrFNO/c1-10-8-12-9-13(17)4-7-15(12)19(10)16(20)11-2-5-14(18)6-3-11/h2-7,9-10H,8H2,1H3/t10-/m1/s1. The van der Waals surface area contributed by atoms with E-state index in [0.29, 0.717) is 5.56 Å². The molecule has 1 aliphatic rings. The molecule has 2 aromatic carbocycles. The van der Waals surface area contributed by atoms with Crippen LogP contribution in [0.25, 0.3) is 0 Å². The summed E-state index contributed by atoms with van der Waals surface area (Å²) in [6.07, 6.45) is 0.835. The molecule has 1 atom stereocenters.